The summed E-state index contributed by atoms with van der Waals surface area (Å²) in [7, 11) is 0. The van der Waals surface area contributed by atoms with Gasteiger partial charge in [0.05, 0.1) is 5.02 Å². The molecule has 0 unspecified atom stereocenters. The van der Waals surface area contributed by atoms with Crippen LogP contribution in [0.1, 0.15) is 26.3 Å². The number of pyridine rings is 1. The van der Waals surface area contributed by atoms with E-state index >= 15 is 0 Å². The Labute approximate surface area is 89.1 Å². The number of halogens is 2. The van der Waals surface area contributed by atoms with Gasteiger partial charge in [0.15, 0.2) is 0 Å². The second-order valence-electron chi connectivity index (χ2n) is 4.31. The lowest BCUT2D eigenvalue weighted by atomic mass is 9.88. The zero-order chi connectivity index (χ0) is 10.1. The molecule has 0 N–H and O–H groups in total. The molecule has 0 aliphatic heterocycles. The quantitative estimate of drug-likeness (QED) is 0.649. The zero-order valence-electron chi connectivity index (χ0n) is 8.06. The number of hydrogen-bond donors (Lipinski definition) is 0. The highest BCUT2D eigenvalue weighted by Gasteiger charge is 2.14. The van der Waals surface area contributed by atoms with Crippen LogP contribution in [0.15, 0.2) is 12.3 Å². The standard InChI is InChI=1S/C10H13Cl2N/c1-10(2,3)6-7-4-5-13-9(12)8(7)11/h4-5H,6H2,1-3H3. The Morgan fingerprint density at radius 3 is 2.46 bits per heavy atom. The van der Waals surface area contributed by atoms with Gasteiger partial charge in [0, 0.05) is 6.20 Å². The molecule has 1 aromatic heterocycles. The molecule has 0 spiro atoms. The SMILES string of the molecule is CC(C)(C)Cc1ccnc(Cl)c1Cl. The molecule has 0 saturated heterocycles. The molecule has 1 aromatic rings. The molecule has 13 heavy (non-hydrogen) atoms. The van der Waals surface area contributed by atoms with Crippen LogP contribution in [0, 0.1) is 5.41 Å². The molecule has 0 amide bonds. The van der Waals surface area contributed by atoms with E-state index in [1.807, 2.05) is 6.07 Å². The minimum absolute atomic E-state index is 0.217. The van der Waals surface area contributed by atoms with Gasteiger partial charge in [0.1, 0.15) is 5.15 Å². The fourth-order valence-corrected chi connectivity index (χ4v) is 1.52. The fraction of sp³-hybridized carbons (Fsp3) is 0.500. The lowest BCUT2D eigenvalue weighted by Gasteiger charge is -2.18. The van der Waals surface area contributed by atoms with Crippen LogP contribution < -0.4 is 0 Å². The van der Waals surface area contributed by atoms with E-state index in [-0.39, 0.29) is 5.41 Å². The molecule has 0 bridgehead atoms. The smallest absolute Gasteiger partial charge is 0.147 e. The molecule has 0 saturated carbocycles. The van der Waals surface area contributed by atoms with Crippen LogP contribution in [-0.2, 0) is 6.42 Å². The lowest BCUT2D eigenvalue weighted by Crippen LogP contribution is -2.09. The number of hydrogen-bond acceptors (Lipinski definition) is 1. The maximum absolute atomic E-state index is 6.00. The molecule has 1 nitrogen and oxygen atoms in total. The van der Waals surface area contributed by atoms with Crippen molar-refractivity contribution in [3.8, 4) is 0 Å². The molecule has 72 valence electrons. The van der Waals surface area contributed by atoms with E-state index in [4.69, 9.17) is 23.2 Å². The van der Waals surface area contributed by atoms with Crippen LogP contribution in [0.3, 0.4) is 0 Å². The Balaban J connectivity index is 2.96. The Morgan fingerprint density at radius 2 is 1.92 bits per heavy atom. The third-order valence-electron chi connectivity index (χ3n) is 1.65. The highest BCUT2D eigenvalue weighted by atomic mass is 35.5. The number of nitrogens with zero attached hydrogens (tertiary/aromatic N) is 1. The van der Waals surface area contributed by atoms with E-state index < -0.39 is 0 Å². The van der Waals surface area contributed by atoms with Gasteiger partial charge in [-0.1, -0.05) is 44.0 Å². The Hall–Kier alpha value is -0.270. The maximum Gasteiger partial charge on any atom is 0.147 e. The predicted molar refractivity (Wildman–Crippen MR) is 57.4 cm³/mol. The van der Waals surface area contributed by atoms with E-state index in [1.54, 1.807) is 6.20 Å². The topological polar surface area (TPSA) is 12.9 Å². The summed E-state index contributed by atoms with van der Waals surface area (Å²) in [6.45, 7) is 6.49. The summed E-state index contributed by atoms with van der Waals surface area (Å²) in [6.07, 6.45) is 2.60. The van der Waals surface area contributed by atoms with Gasteiger partial charge in [-0.05, 0) is 23.5 Å². The molecule has 0 fully saturated rings. The number of aromatic nitrogens is 1. The van der Waals surface area contributed by atoms with Gasteiger partial charge in [-0.15, -0.1) is 0 Å². The Morgan fingerprint density at radius 1 is 1.31 bits per heavy atom. The summed E-state index contributed by atoms with van der Waals surface area (Å²) < 4.78 is 0. The lowest BCUT2D eigenvalue weighted by molar-refractivity contribution is 0.411. The van der Waals surface area contributed by atoms with Gasteiger partial charge in [0.2, 0.25) is 0 Å². The third-order valence-corrected chi connectivity index (χ3v) is 2.45. The van der Waals surface area contributed by atoms with Crippen LogP contribution in [0.2, 0.25) is 10.2 Å². The molecule has 0 aromatic carbocycles. The monoisotopic (exact) mass is 217 g/mol. The molecule has 1 heterocycles. The van der Waals surface area contributed by atoms with Crippen molar-refractivity contribution in [1.29, 1.82) is 0 Å². The predicted octanol–water partition coefficient (Wildman–Crippen LogP) is 3.98. The molecule has 0 aliphatic rings. The largest absolute Gasteiger partial charge is 0.243 e. The van der Waals surface area contributed by atoms with Gasteiger partial charge in [-0.3, -0.25) is 0 Å². The third kappa shape index (κ3) is 3.17. The average molecular weight is 218 g/mol. The first-order chi connectivity index (χ1) is 5.90. The summed E-state index contributed by atoms with van der Waals surface area (Å²) in [5, 5.41) is 0.975. The number of rotatable bonds is 1. The van der Waals surface area contributed by atoms with Crippen LogP contribution in [0.5, 0.6) is 0 Å². The van der Waals surface area contributed by atoms with Crippen molar-refractivity contribution in [3.05, 3.63) is 28.0 Å². The van der Waals surface area contributed by atoms with Crippen LogP contribution in [0.25, 0.3) is 0 Å². The van der Waals surface area contributed by atoms with Gasteiger partial charge in [0.25, 0.3) is 0 Å². The summed E-state index contributed by atoms with van der Waals surface area (Å²) in [4.78, 5) is 3.90. The van der Waals surface area contributed by atoms with Crippen molar-refractivity contribution in [2.24, 2.45) is 5.41 Å². The maximum atomic E-state index is 6.00. The van der Waals surface area contributed by atoms with Crippen LogP contribution in [-0.4, -0.2) is 4.98 Å². The first-order valence-electron chi connectivity index (χ1n) is 4.19. The van der Waals surface area contributed by atoms with Crippen molar-refractivity contribution in [2.75, 3.05) is 0 Å². The molecule has 1 rings (SSSR count). The van der Waals surface area contributed by atoms with E-state index in [0.29, 0.717) is 10.2 Å². The van der Waals surface area contributed by atoms with Crippen molar-refractivity contribution in [2.45, 2.75) is 27.2 Å². The second kappa shape index (κ2) is 3.85. The van der Waals surface area contributed by atoms with Crippen molar-refractivity contribution < 1.29 is 0 Å². The molecule has 0 aliphatic carbocycles. The van der Waals surface area contributed by atoms with E-state index in [2.05, 4.69) is 25.8 Å². The van der Waals surface area contributed by atoms with Gasteiger partial charge in [-0.25, -0.2) is 4.98 Å². The molecular weight excluding hydrogens is 205 g/mol. The van der Waals surface area contributed by atoms with E-state index in [9.17, 15) is 0 Å². The summed E-state index contributed by atoms with van der Waals surface area (Å²) in [5.74, 6) is 0. The van der Waals surface area contributed by atoms with E-state index in [1.165, 1.54) is 0 Å². The molecule has 0 atom stereocenters. The van der Waals surface area contributed by atoms with Crippen molar-refractivity contribution in [1.82, 2.24) is 4.98 Å². The van der Waals surface area contributed by atoms with Crippen LogP contribution in [0.4, 0.5) is 0 Å². The zero-order valence-corrected chi connectivity index (χ0v) is 9.58. The van der Waals surface area contributed by atoms with Gasteiger partial charge in [-0.2, -0.15) is 0 Å². The first kappa shape index (κ1) is 10.8. The van der Waals surface area contributed by atoms with Crippen LogP contribution >= 0.6 is 23.2 Å². The Kier molecular flexibility index (Phi) is 3.20. The Bertz CT molecular complexity index is 302. The van der Waals surface area contributed by atoms with Crippen molar-refractivity contribution >= 4 is 23.2 Å². The normalized spacial score (nSPS) is 11.8. The molecule has 3 heteroatoms. The first-order valence-corrected chi connectivity index (χ1v) is 4.94. The second-order valence-corrected chi connectivity index (χ2v) is 5.05. The highest BCUT2D eigenvalue weighted by Crippen LogP contribution is 2.29. The minimum Gasteiger partial charge on any atom is -0.243 e. The van der Waals surface area contributed by atoms with E-state index in [0.717, 1.165) is 12.0 Å². The highest BCUT2D eigenvalue weighted by molar-refractivity contribution is 6.41. The molecule has 0 radical (unpaired) electrons. The average Bonchev–Trinajstić information content (AvgIpc) is 1.96. The van der Waals surface area contributed by atoms with Gasteiger partial charge < -0.3 is 0 Å². The van der Waals surface area contributed by atoms with Crippen molar-refractivity contribution in [3.63, 3.8) is 0 Å². The fourth-order valence-electron chi connectivity index (χ4n) is 1.16. The summed E-state index contributed by atoms with van der Waals surface area (Å²) in [5.41, 5.74) is 1.28. The minimum atomic E-state index is 0.217. The summed E-state index contributed by atoms with van der Waals surface area (Å²) >= 11 is 11.8. The molecular formula is C10H13Cl2N. The van der Waals surface area contributed by atoms with Gasteiger partial charge >= 0.3 is 0 Å². The summed E-state index contributed by atoms with van der Waals surface area (Å²) in [6, 6.07) is 1.92.